The number of aromatic nitrogens is 1. The van der Waals surface area contributed by atoms with Gasteiger partial charge >= 0.3 is 0 Å². The van der Waals surface area contributed by atoms with Crippen molar-refractivity contribution in [1.29, 1.82) is 0 Å². The third-order valence-electron chi connectivity index (χ3n) is 4.86. The van der Waals surface area contributed by atoms with Crippen molar-refractivity contribution in [3.63, 3.8) is 0 Å². The van der Waals surface area contributed by atoms with Gasteiger partial charge in [0.15, 0.2) is 15.0 Å². The highest BCUT2D eigenvalue weighted by atomic mass is 32.2. The number of carbonyl (C=O) groups is 1. The topological polar surface area (TPSA) is 79.8 Å². The average molecular weight is 480 g/mol. The third kappa shape index (κ3) is 6.02. The lowest BCUT2D eigenvalue weighted by Crippen LogP contribution is -2.34. The van der Waals surface area contributed by atoms with Crippen molar-refractivity contribution >= 4 is 42.4 Å². The minimum atomic E-state index is -3.71. The third-order valence-corrected chi connectivity index (χ3v) is 7.63. The molecule has 0 aliphatic rings. The number of carbonyl (C=O) groups excluding carboxylic acids is 1. The van der Waals surface area contributed by atoms with Crippen LogP contribution in [-0.2, 0) is 14.6 Å². The Labute approximate surface area is 191 Å². The molecule has 7 nitrogen and oxygen atoms in total. The van der Waals surface area contributed by atoms with Crippen LogP contribution in [0.1, 0.15) is 12.8 Å². The van der Waals surface area contributed by atoms with Crippen LogP contribution >= 0.6 is 11.3 Å². The Morgan fingerprint density at radius 2 is 1.84 bits per heavy atom. The molecule has 0 saturated carbocycles. The Hall–Kier alpha value is -2.56. The zero-order chi connectivity index (χ0) is 23.3. The number of halogens is 1. The molecule has 1 heterocycles. The molecule has 32 heavy (non-hydrogen) atoms. The Bertz CT molecular complexity index is 1180. The van der Waals surface area contributed by atoms with Crippen molar-refractivity contribution in [2.45, 2.75) is 17.7 Å². The number of rotatable bonds is 10. The number of thiazole rings is 1. The summed E-state index contributed by atoms with van der Waals surface area (Å²) in [4.78, 5) is 21.2. The van der Waals surface area contributed by atoms with Crippen LogP contribution in [0.2, 0.25) is 0 Å². The number of fused-ring (bicyclic) bond motifs is 1. The summed E-state index contributed by atoms with van der Waals surface area (Å²) in [5, 5.41) is 0.524. The number of methoxy groups -OCH3 is 1. The van der Waals surface area contributed by atoms with E-state index in [-0.39, 0.29) is 23.0 Å². The van der Waals surface area contributed by atoms with Crippen LogP contribution in [0.25, 0.3) is 10.2 Å². The first-order valence-electron chi connectivity index (χ1n) is 10.1. The van der Waals surface area contributed by atoms with E-state index < -0.39 is 15.7 Å². The molecule has 1 aromatic heterocycles. The molecular formula is C22H26FN3O4S2. The van der Waals surface area contributed by atoms with Gasteiger partial charge in [0.05, 0.1) is 28.0 Å². The number of benzene rings is 2. The molecule has 0 N–H and O–H groups in total. The molecule has 172 valence electrons. The SMILES string of the molecule is COc1ccc2nc(N(CCCN(C)C)C(=O)CCS(=O)(=O)c3ccc(F)cc3)sc2c1. The zero-order valence-corrected chi connectivity index (χ0v) is 19.9. The molecule has 1 amide bonds. The van der Waals surface area contributed by atoms with Gasteiger partial charge in [-0.1, -0.05) is 11.3 Å². The van der Waals surface area contributed by atoms with Gasteiger partial charge < -0.3 is 9.64 Å². The summed E-state index contributed by atoms with van der Waals surface area (Å²) in [5.41, 5.74) is 0.746. The molecule has 0 unspecified atom stereocenters. The second-order valence-corrected chi connectivity index (χ2v) is 10.7. The maximum absolute atomic E-state index is 13.1. The van der Waals surface area contributed by atoms with E-state index in [1.165, 1.54) is 23.5 Å². The van der Waals surface area contributed by atoms with Crippen LogP contribution in [0, 0.1) is 5.82 Å². The first-order valence-corrected chi connectivity index (χ1v) is 12.5. The van der Waals surface area contributed by atoms with Crippen molar-refractivity contribution in [3.8, 4) is 5.75 Å². The molecule has 0 fully saturated rings. The van der Waals surface area contributed by atoms with Gasteiger partial charge in [-0.2, -0.15) is 0 Å². The fourth-order valence-electron chi connectivity index (χ4n) is 3.12. The fourth-order valence-corrected chi connectivity index (χ4v) is 5.39. The van der Waals surface area contributed by atoms with Gasteiger partial charge in [-0.05, 0) is 69.5 Å². The van der Waals surface area contributed by atoms with Crippen molar-refractivity contribution in [2.75, 3.05) is 44.9 Å². The second-order valence-electron chi connectivity index (χ2n) is 7.56. The van der Waals surface area contributed by atoms with E-state index in [2.05, 4.69) is 4.98 Å². The minimum absolute atomic E-state index is 0.00191. The van der Waals surface area contributed by atoms with Crippen LogP contribution in [-0.4, -0.2) is 64.3 Å². The number of hydrogen-bond donors (Lipinski definition) is 0. The highest BCUT2D eigenvalue weighted by Gasteiger charge is 2.23. The van der Waals surface area contributed by atoms with Crippen molar-refractivity contribution < 1.29 is 22.3 Å². The molecule has 0 saturated heterocycles. The number of nitrogens with zero attached hydrogens (tertiary/aromatic N) is 3. The second kappa shape index (κ2) is 10.4. The first kappa shape index (κ1) is 24.1. The van der Waals surface area contributed by atoms with Gasteiger partial charge in [0.25, 0.3) is 0 Å². The van der Waals surface area contributed by atoms with E-state index in [0.29, 0.717) is 23.8 Å². The van der Waals surface area contributed by atoms with Crippen LogP contribution in [0.4, 0.5) is 9.52 Å². The molecule has 2 aromatic carbocycles. The molecule has 0 radical (unpaired) electrons. The molecule has 10 heteroatoms. The zero-order valence-electron chi connectivity index (χ0n) is 18.2. The lowest BCUT2D eigenvalue weighted by Gasteiger charge is -2.21. The van der Waals surface area contributed by atoms with Gasteiger partial charge in [-0.3, -0.25) is 9.69 Å². The molecule has 0 aliphatic carbocycles. The van der Waals surface area contributed by atoms with Gasteiger partial charge in [0.2, 0.25) is 5.91 Å². The van der Waals surface area contributed by atoms with Gasteiger partial charge in [-0.25, -0.2) is 17.8 Å². The summed E-state index contributed by atoms with van der Waals surface area (Å²) in [6.07, 6.45) is 0.517. The highest BCUT2D eigenvalue weighted by molar-refractivity contribution is 7.91. The Morgan fingerprint density at radius 1 is 1.12 bits per heavy atom. The summed E-state index contributed by atoms with van der Waals surface area (Å²) >= 11 is 1.36. The van der Waals surface area contributed by atoms with E-state index in [9.17, 15) is 17.6 Å². The Balaban J connectivity index is 1.80. The van der Waals surface area contributed by atoms with Crippen LogP contribution < -0.4 is 9.64 Å². The smallest absolute Gasteiger partial charge is 0.229 e. The van der Waals surface area contributed by atoms with Crippen molar-refractivity contribution in [2.24, 2.45) is 0 Å². The van der Waals surface area contributed by atoms with Crippen LogP contribution in [0.15, 0.2) is 47.4 Å². The van der Waals surface area contributed by atoms with E-state index in [1.807, 2.05) is 31.1 Å². The largest absolute Gasteiger partial charge is 0.497 e. The van der Waals surface area contributed by atoms with Crippen molar-refractivity contribution in [1.82, 2.24) is 9.88 Å². The predicted molar refractivity (Wildman–Crippen MR) is 125 cm³/mol. The van der Waals surface area contributed by atoms with E-state index in [1.54, 1.807) is 18.1 Å². The van der Waals surface area contributed by atoms with Gasteiger partial charge in [0.1, 0.15) is 11.6 Å². The van der Waals surface area contributed by atoms with E-state index in [4.69, 9.17) is 4.74 Å². The average Bonchev–Trinajstić information content (AvgIpc) is 3.18. The number of hydrogen-bond acceptors (Lipinski definition) is 7. The highest BCUT2D eigenvalue weighted by Crippen LogP contribution is 2.32. The molecule has 0 aliphatic heterocycles. The number of amides is 1. The molecule has 0 atom stereocenters. The number of ether oxygens (including phenoxy) is 1. The first-order chi connectivity index (χ1) is 15.2. The predicted octanol–water partition coefficient (Wildman–Crippen LogP) is 3.59. The standard InChI is InChI=1S/C22H26FN3O4S2/c1-25(2)12-4-13-26(22-24-19-10-7-17(30-3)15-20(19)31-22)21(27)11-14-32(28,29)18-8-5-16(23)6-9-18/h5-10,15H,4,11-14H2,1-3H3. The maximum atomic E-state index is 13.1. The fraction of sp³-hybridized carbons (Fsp3) is 0.364. The molecule has 0 bridgehead atoms. The van der Waals surface area contributed by atoms with Crippen molar-refractivity contribution in [3.05, 3.63) is 48.3 Å². The van der Waals surface area contributed by atoms with Crippen LogP contribution in [0.3, 0.4) is 0 Å². The lowest BCUT2D eigenvalue weighted by molar-refractivity contribution is -0.118. The monoisotopic (exact) mass is 479 g/mol. The minimum Gasteiger partial charge on any atom is -0.497 e. The van der Waals surface area contributed by atoms with Crippen LogP contribution in [0.5, 0.6) is 5.75 Å². The number of anilines is 1. The summed E-state index contributed by atoms with van der Waals surface area (Å²) in [6.45, 7) is 1.20. The molecule has 3 rings (SSSR count). The molecule has 3 aromatic rings. The lowest BCUT2D eigenvalue weighted by atomic mass is 10.3. The van der Waals surface area contributed by atoms with Gasteiger partial charge in [0, 0.05) is 13.0 Å². The van der Waals surface area contributed by atoms with E-state index in [0.717, 1.165) is 28.9 Å². The normalized spacial score (nSPS) is 11.8. The molecule has 0 spiro atoms. The maximum Gasteiger partial charge on any atom is 0.229 e. The summed E-state index contributed by atoms with van der Waals surface area (Å²) in [6, 6.07) is 10.1. The Kier molecular flexibility index (Phi) is 7.81. The van der Waals surface area contributed by atoms with E-state index >= 15 is 0 Å². The summed E-state index contributed by atoms with van der Waals surface area (Å²) < 4.78 is 44.4. The summed E-state index contributed by atoms with van der Waals surface area (Å²) in [7, 11) is 1.77. The van der Waals surface area contributed by atoms with Gasteiger partial charge in [-0.15, -0.1) is 0 Å². The Morgan fingerprint density at radius 3 is 2.50 bits per heavy atom. The quantitative estimate of drug-likeness (QED) is 0.414. The molecular weight excluding hydrogens is 453 g/mol. The number of sulfone groups is 1. The summed E-state index contributed by atoms with van der Waals surface area (Å²) in [5.74, 6) is -0.496.